The van der Waals surface area contributed by atoms with E-state index in [2.05, 4.69) is 46.5 Å². The largest absolute Gasteiger partial charge is 0.314 e. The Morgan fingerprint density at radius 3 is 2.67 bits per heavy atom. The first-order valence-corrected chi connectivity index (χ1v) is 5.63. The molecule has 1 aromatic rings. The Bertz CT molecular complexity index is 255. The molecular weight excluding hydrogens is 234 g/mol. The summed E-state index contributed by atoms with van der Waals surface area (Å²) in [6.07, 6.45) is 1.07. The molecule has 0 unspecified atom stereocenters. The molecule has 1 aromatic heterocycles. The average Bonchev–Trinajstić information content (AvgIpc) is 2.36. The van der Waals surface area contributed by atoms with Gasteiger partial charge in [0.1, 0.15) is 0 Å². The Morgan fingerprint density at radius 1 is 1.58 bits per heavy atom. The van der Waals surface area contributed by atoms with E-state index < -0.39 is 0 Å². The Morgan fingerprint density at radius 2 is 2.25 bits per heavy atom. The SMILES string of the molecule is CNC(C)(C)Cc1sccc1Br. The summed E-state index contributed by atoms with van der Waals surface area (Å²) in [4.78, 5) is 1.41. The molecule has 0 saturated carbocycles. The van der Waals surface area contributed by atoms with Crippen LogP contribution in [0.5, 0.6) is 0 Å². The van der Waals surface area contributed by atoms with Crippen LogP contribution in [0.25, 0.3) is 0 Å². The van der Waals surface area contributed by atoms with Gasteiger partial charge < -0.3 is 5.32 Å². The summed E-state index contributed by atoms with van der Waals surface area (Å²) in [5, 5.41) is 5.41. The van der Waals surface area contributed by atoms with E-state index in [1.54, 1.807) is 11.3 Å². The van der Waals surface area contributed by atoms with Crippen molar-refractivity contribution in [2.45, 2.75) is 25.8 Å². The number of hydrogen-bond donors (Lipinski definition) is 1. The van der Waals surface area contributed by atoms with Crippen LogP contribution in [0.1, 0.15) is 18.7 Å². The number of rotatable bonds is 3. The van der Waals surface area contributed by atoms with Gasteiger partial charge in [0.2, 0.25) is 0 Å². The lowest BCUT2D eigenvalue weighted by Crippen LogP contribution is -2.38. The van der Waals surface area contributed by atoms with Gasteiger partial charge in [-0.3, -0.25) is 0 Å². The first-order chi connectivity index (χ1) is 5.55. The third-order valence-electron chi connectivity index (χ3n) is 1.97. The second-order valence-corrected chi connectivity index (χ2v) is 5.36. The second kappa shape index (κ2) is 3.90. The van der Waals surface area contributed by atoms with Crippen LogP contribution in [-0.2, 0) is 6.42 Å². The predicted octanol–water partition coefficient (Wildman–Crippen LogP) is 3.05. The van der Waals surface area contributed by atoms with E-state index >= 15 is 0 Å². The molecule has 0 saturated heterocycles. The second-order valence-electron chi connectivity index (χ2n) is 3.50. The summed E-state index contributed by atoms with van der Waals surface area (Å²) in [6, 6.07) is 2.10. The zero-order valence-electron chi connectivity index (χ0n) is 7.65. The highest BCUT2D eigenvalue weighted by atomic mass is 79.9. The smallest absolute Gasteiger partial charge is 0.0315 e. The Labute approximate surface area is 86.3 Å². The van der Waals surface area contributed by atoms with Crippen molar-refractivity contribution in [3.63, 3.8) is 0 Å². The molecule has 0 spiro atoms. The van der Waals surface area contributed by atoms with Gasteiger partial charge in [-0.25, -0.2) is 0 Å². The van der Waals surface area contributed by atoms with Gasteiger partial charge in [0, 0.05) is 21.3 Å². The summed E-state index contributed by atoms with van der Waals surface area (Å²) in [5.74, 6) is 0. The van der Waals surface area contributed by atoms with Gasteiger partial charge in [0.15, 0.2) is 0 Å². The lowest BCUT2D eigenvalue weighted by atomic mass is 10.0. The number of nitrogens with one attached hydrogen (secondary N) is 1. The van der Waals surface area contributed by atoms with Gasteiger partial charge in [-0.1, -0.05) is 0 Å². The maximum Gasteiger partial charge on any atom is 0.0315 e. The third kappa shape index (κ3) is 2.57. The maximum absolute atomic E-state index is 3.53. The predicted molar refractivity (Wildman–Crippen MR) is 58.9 cm³/mol. The fourth-order valence-electron chi connectivity index (χ4n) is 0.941. The molecule has 0 aliphatic heterocycles. The summed E-state index contributed by atoms with van der Waals surface area (Å²) >= 11 is 5.34. The number of hydrogen-bond acceptors (Lipinski definition) is 2. The molecule has 0 amide bonds. The van der Waals surface area contributed by atoms with Gasteiger partial charge in [-0.15, -0.1) is 11.3 Å². The minimum atomic E-state index is 0.188. The Hall–Kier alpha value is 0.140. The quantitative estimate of drug-likeness (QED) is 0.866. The molecule has 0 atom stereocenters. The number of likely N-dealkylation sites (N-methyl/N-ethyl adjacent to an activating group) is 1. The Kier molecular flexibility index (Phi) is 3.32. The number of thiophene rings is 1. The van der Waals surface area contributed by atoms with E-state index in [4.69, 9.17) is 0 Å². The minimum absolute atomic E-state index is 0.188. The minimum Gasteiger partial charge on any atom is -0.314 e. The third-order valence-corrected chi connectivity index (χ3v) is 3.90. The molecule has 0 fully saturated rings. The highest BCUT2D eigenvalue weighted by Gasteiger charge is 2.17. The van der Waals surface area contributed by atoms with Crippen LogP contribution >= 0.6 is 27.3 Å². The molecule has 0 aliphatic carbocycles. The molecule has 0 bridgehead atoms. The maximum atomic E-state index is 3.53. The molecular formula is C9H14BrNS. The van der Waals surface area contributed by atoms with Crippen molar-refractivity contribution >= 4 is 27.3 Å². The zero-order chi connectivity index (χ0) is 9.19. The van der Waals surface area contributed by atoms with Gasteiger partial charge in [-0.2, -0.15) is 0 Å². The van der Waals surface area contributed by atoms with E-state index in [1.165, 1.54) is 9.35 Å². The first kappa shape index (κ1) is 10.2. The van der Waals surface area contributed by atoms with Crippen LogP contribution in [0.4, 0.5) is 0 Å². The molecule has 3 heteroatoms. The standard InChI is InChI=1S/C9H14BrNS/c1-9(2,11-3)6-8-7(10)4-5-12-8/h4-5,11H,6H2,1-3H3. The van der Waals surface area contributed by atoms with Crippen molar-refractivity contribution in [3.8, 4) is 0 Å². The number of halogens is 1. The van der Waals surface area contributed by atoms with Gasteiger partial charge in [-0.05, 0) is 48.3 Å². The summed E-state index contributed by atoms with van der Waals surface area (Å²) in [7, 11) is 2.00. The van der Waals surface area contributed by atoms with Crippen LogP contribution in [0, 0.1) is 0 Å². The molecule has 0 aliphatic rings. The lowest BCUT2D eigenvalue weighted by Gasteiger charge is -2.23. The van der Waals surface area contributed by atoms with Crippen molar-refractivity contribution in [3.05, 3.63) is 20.8 Å². The molecule has 1 rings (SSSR count). The van der Waals surface area contributed by atoms with Crippen molar-refractivity contribution in [2.75, 3.05) is 7.05 Å². The van der Waals surface area contributed by atoms with Crippen LogP contribution < -0.4 is 5.32 Å². The lowest BCUT2D eigenvalue weighted by molar-refractivity contribution is 0.424. The fourth-order valence-corrected chi connectivity index (χ4v) is 2.66. The van der Waals surface area contributed by atoms with Crippen molar-refractivity contribution in [2.24, 2.45) is 0 Å². The van der Waals surface area contributed by atoms with Crippen LogP contribution in [-0.4, -0.2) is 12.6 Å². The van der Waals surface area contributed by atoms with Crippen molar-refractivity contribution in [1.29, 1.82) is 0 Å². The van der Waals surface area contributed by atoms with E-state index in [9.17, 15) is 0 Å². The van der Waals surface area contributed by atoms with Gasteiger partial charge in [0.25, 0.3) is 0 Å². The monoisotopic (exact) mass is 247 g/mol. The fraction of sp³-hybridized carbons (Fsp3) is 0.556. The molecule has 0 radical (unpaired) electrons. The van der Waals surface area contributed by atoms with Gasteiger partial charge in [0.05, 0.1) is 0 Å². The molecule has 0 aromatic carbocycles. The van der Waals surface area contributed by atoms with Crippen LogP contribution in [0.15, 0.2) is 15.9 Å². The Balaban J connectivity index is 2.70. The topological polar surface area (TPSA) is 12.0 Å². The molecule has 1 nitrogen and oxygen atoms in total. The zero-order valence-corrected chi connectivity index (χ0v) is 10.1. The average molecular weight is 248 g/mol. The van der Waals surface area contributed by atoms with E-state index in [0.717, 1.165) is 6.42 Å². The van der Waals surface area contributed by atoms with Crippen molar-refractivity contribution in [1.82, 2.24) is 5.32 Å². The molecule has 68 valence electrons. The van der Waals surface area contributed by atoms with E-state index in [1.807, 2.05) is 7.05 Å². The van der Waals surface area contributed by atoms with Crippen LogP contribution in [0.3, 0.4) is 0 Å². The molecule has 1 N–H and O–H groups in total. The van der Waals surface area contributed by atoms with E-state index in [0.29, 0.717) is 0 Å². The van der Waals surface area contributed by atoms with Gasteiger partial charge >= 0.3 is 0 Å². The summed E-state index contributed by atoms with van der Waals surface area (Å²) in [5.41, 5.74) is 0.188. The molecule has 1 heterocycles. The highest BCUT2D eigenvalue weighted by Crippen LogP contribution is 2.26. The normalized spacial score (nSPS) is 12.0. The highest BCUT2D eigenvalue weighted by molar-refractivity contribution is 9.10. The molecule has 12 heavy (non-hydrogen) atoms. The summed E-state index contributed by atoms with van der Waals surface area (Å²) in [6.45, 7) is 4.42. The first-order valence-electron chi connectivity index (χ1n) is 3.96. The van der Waals surface area contributed by atoms with Crippen molar-refractivity contribution < 1.29 is 0 Å². The van der Waals surface area contributed by atoms with E-state index in [-0.39, 0.29) is 5.54 Å². The van der Waals surface area contributed by atoms with Crippen LogP contribution in [0.2, 0.25) is 0 Å². The summed E-state index contributed by atoms with van der Waals surface area (Å²) < 4.78 is 1.23.